The van der Waals surface area contributed by atoms with Crippen molar-refractivity contribution in [2.24, 2.45) is 5.73 Å². The summed E-state index contributed by atoms with van der Waals surface area (Å²) in [4.78, 5) is 36.4. The van der Waals surface area contributed by atoms with Gasteiger partial charge in [0, 0.05) is 19.4 Å². The first-order chi connectivity index (χ1) is 25.6. The van der Waals surface area contributed by atoms with Gasteiger partial charge in [-0.15, -0.1) is 0 Å². The van der Waals surface area contributed by atoms with Crippen molar-refractivity contribution in [2.75, 3.05) is 26.3 Å². The first-order valence-corrected chi connectivity index (χ1v) is 18.4. The van der Waals surface area contributed by atoms with Gasteiger partial charge in [0.2, 0.25) is 11.8 Å². The van der Waals surface area contributed by atoms with Crippen LogP contribution in [0.25, 0.3) is 0 Å². The summed E-state index contributed by atoms with van der Waals surface area (Å²) in [6.45, 7) is 4.06. The molecule has 0 aromatic carbocycles. The van der Waals surface area contributed by atoms with Crippen LogP contribution < -0.4 is 21.9 Å². The number of rotatable bonds is 21. The number of hydrazine groups is 1. The molecule has 3 heterocycles. The van der Waals surface area contributed by atoms with Gasteiger partial charge in [0.15, 0.2) is 18.9 Å². The molecule has 3 saturated heterocycles. The molecule has 0 saturated carbocycles. The lowest BCUT2D eigenvalue weighted by Gasteiger charge is -2.46. The number of nitrogens with one attached hydrogen (secondary N) is 3. The summed E-state index contributed by atoms with van der Waals surface area (Å²) in [7, 11) is 0. The largest absolute Gasteiger partial charge is 0.388 e. The minimum atomic E-state index is -1.77. The van der Waals surface area contributed by atoms with Crippen molar-refractivity contribution in [3.8, 4) is 0 Å². The molecule has 314 valence electrons. The Labute approximate surface area is 313 Å². The third-order valence-electron chi connectivity index (χ3n) is 9.56. The van der Waals surface area contributed by atoms with Crippen molar-refractivity contribution >= 4 is 17.6 Å². The van der Waals surface area contributed by atoms with Crippen molar-refractivity contribution in [1.82, 2.24) is 16.2 Å². The van der Waals surface area contributed by atoms with Gasteiger partial charge >= 0.3 is 0 Å². The van der Waals surface area contributed by atoms with E-state index >= 15 is 0 Å². The van der Waals surface area contributed by atoms with Crippen LogP contribution in [-0.4, -0.2) is 183 Å². The van der Waals surface area contributed by atoms with Crippen LogP contribution in [0, 0.1) is 0 Å². The van der Waals surface area contributed by atoms with E-state index in [1.54, 1.807) is 0 Å². The molecule has 3 fully saturated rings. The van der Waals surface area contributed by atoms with E-state index < -0.39 is 105 Å². The second-order valence-electron chi connectivity index (χ2n) is 13.9. The lowest BCUT2D eigenvalue weighted by molar-refractivity contribution is -0.363. The van der Waals surface area contributed by atoms with Gasteiger partial charge in [-0.25, -0.2) is 5.43 Å². The topological polar surface area (TPSA) is 331 Å². The Morgan fingerprint density at radius 3 is 1.87 bits per heavy atom. The van der Waals surface area contributed by atoms with Gasteiger partial charge in [0.25, 0.3) is 0 Å². The quantitative estimate of drug-likeness (QED) is 0.0382. The van der Waals surface area contributed by atoms with Crippen LogP contribution in [0.2, 0.25) is 0 Å². The van der Waals surface area contributed by atoms with Crippen LogP contribution >= 0.6 is 0 Å². The van der Waals surface area contributed by atoms with E-state index in [2.05, 4.69) is 16.2 Å². The van der Waals surface area contributed by atoms with Crippen LogP contribution in [0.15, 0.2) is 0 Å². The molecular weight excluding hydrogens is 724 g/mol. The number of nitrogens with two attached hydrogens (primary N) is 1. The van der Waals surface area contributed by atoms with Crippen molar-refractivity contribution in [3.63, 3.8) is 0 Å². The average Bonchev–Trinajstić information content (AvgIpc) is 3.13. The first kappa shape index (κ1) is 46.4. The Morgan fingerprint density at radius 1 is 0.685 bits per heavy atom. The van der Waals surface area contributed by atoms with Gasteiger partial charge in [-0.2, -0.15) is 0 Å². The Morgan fingerprint density at radius 2 is 1.26 bits per heavy atom. The number of aliphatic hydroxyl groups excluding tert-OH is 8. The second kappa shape index (κ2) is 22.6. The Hall–Kier alpha value is -2.03. The van der Waals surface area contributed by atoms with E-state index in [1.807, 2.05) is 0 Å². The zero-order valence-electron chi connectivity index (χ0n) is 30.8. The monoisotopic (exact) mass is 784 g/mol. The maximum Gasteiger partial charge on any atom is 0.234 e. The Bertz CT molecular complexity index is 1160. The van der Waals surface area contributed by atoms with E-state index in [-0.39, 0.29) is 43.6 Å². The molecule has 0 aromatic heterocycles. The summed E-state index contributed by atoms with van der Waals surface area (Å²) < 4.78 is 33.6. The van der Waals surface area contributed by atoms with Gasteiger partial charge in [0.05, 0.1) is 31.5 Å². The SMILES string of the molecule is CC(=O)[C@H](CCCCN)NNC(=O)CCCCC(=O)NCCO[C@H]1O[C@H](CO[C@@H]2O[C@H](C)[C@@H](O)[C@H](O)[C@@H]2O)[C@@H](O)[C@H](O[C@H]2O[C@@H](C)[C@@H](O)[C@@H](O)[C@@H]2O)[C@@H]1O. The van der Waals surface area contributed by atoms with E-state index in [9.17, 15) is 55.2 Å². The minimum Gasteiger partial charge on any atom is -0.388 e. The molecule has 16 atom stereocenters. The molecular formula is C33H60N4O17. The standard InChI is InChI=1S/C33H60N4O17/c1-15(38)18(8-6-7-11-34)36-37-21(40)10-5-4-9-20(39)35-12-13-49-32-29(48)30(54-33-28(47)26(45)23(42)17(3)52-33)24(43)19(53-32)14-50-31-27(46)25(44)22(41)16(2)51-31/h16-19,22-33,36,41-48H,4-14,34H2,1-3H3,(H,35,39)(H,37,40)/t16-,17+,18+,19-,22-,23-,24-,25+,26-,27+,28+,29+,30+,31-,32+,33-/m1/s1. The molecule has 13 N–H and O–H groups in total. The molecule has 21 nitrogen and oxygen atoms in total. The fraction of sp³-hybridized carbons (Fsp3) is 0.909. The number of unbranched alkanes of at least 4 members (excludes halogenated alkanes) is 2. The summed E-state index contributed by atoms with van der Waals surface area (Å²) in [5.41, 5.74) is 10.8. The molecule has 0 spiro atoms. The lowest BCUT2D eigenvalue weighted by Crippen LogP contribution is -2.64. The number of amides is 2. The maximum atomic E-state index is 12.4. The maximum absolute atomic E-state index is 12.4. The highest BCUT2D eigenvalue weighted by Crippen LogP contribution is 2.30. The molecule has 0 unspecified atom stereocenters. The zero-order valence-corrected chi connectivity index (χ0v) is 30.8. The normalized spacial score (nSPS) is 37.7. The fourth-order valence-corrected chi connectivity index (χ4v) is 6.08. The van der Waals surface area contributed by atoms with Gasteiger partial charge in [-0.3, -0.25) is 19.8 Å². The first-order valence-electron chi connectivity index (χ1n) is 18.4. The van der Waals surface area contributed by atoms with Gasteiger partial charge in [-0.05, 0) is 53.0 Å². The molecule has 2 amide bonds. The van der Waals surface area contributed by atoms with E-state index in [4.69, 9.17) is 34.2 Å². The predicted molar refractivity (Wildman–Crippen MR) is 182 cm³/mol. The van der Waals surface area contributed by atoms with Crippen molar-refractivity contribution in [1.29, 1.82) is 0 Å². The molecule has 54 heavy (non-hydrogen) atoms. The van der Waals surface area contributed by atoms with E-state index in [0.29, 0.717) is 25.8 Å². The molecule has 0 bridgehead atoms. The number of hydrogen-bond donors (Lipinski definition) is 12. The Kier molecular flexibility index (Phi) is 19.4. The molecule has 3 aliphatic rings. The van der Waals surface area contributed by atoms with Crippen LogP contribution in [0.5, 0.6) is 0 Å². The summed E-state index contributed by atoms with van der Waals surface area (Å²) in [6.07, 6.45) is -19.3. The van der Waals surface area contributed by atoms with Crippen molar-refractivity contribution < 1.29 is 83.7 Å². The molecule has 3 aliphatic heterocycles. The average molecular weight is 785 g/mol. The zero-order chi connectivity index (χ0) is 40.1. The minimum absolute atomic E-state index is 0.0338. The van der Waals surface area contributed by atoms with Crippen LogP contribution in [-0.2, 0) is 42.8 Å². The highest BCUT2D eigenvalue weighted by molar-refractivity contribution is 5.82. The number of hydrogen-bond acceptors (Lipinski definition) is 19. The number of ether oxygens (including phenoxy) is 6. The number of carbonyl (C=O) groups excluding carboxylic acids is 3. The third-order valence-corrected chi connectivity index (χ3v) is 9.56. The van der Waals surface area contributed by atoms with E-state index in [0.717, 1.165) is 12.8 Å². The summed E-state index contributed by atoms with van der Waals surface area (Å²) in [5, 5.41) is 86.1. The fourth-order valence-electron chi connectivity index (χ4n) is 6.08. The van der Waals surface area contributed by atoms with Crippen molar-refractivity contribution in [3.05, 3.63) is 0 Å². The number of carbonyl (C=O) groups is 3. The Balaban J connectivity index is 1.50. The highest BCUT2D eigenvalue weighted by Gasteiger charge is 2.51. The van der Waals surface area contributed by atoms with Gasteiger partial charge < -0.3 is 80.3 Å². The van der Waals surface area contributed by atoms with Crippen LogP contribution in [0.3, 0.4) is 0 Å². The summed E-state index contributed by atoms with van der Waals surface area (Å²) >= 11 is 0. The molecule has 0 aliphatic carbocycles. The van der Waals surface area contributed by atoms with Crippen LogP contribution in [0.1, 0.15) is 65.7 Å². The smallest absolute Gasteiger partial charge is 0.234 e. The van der Waals surface area contributed by atoms with Crippen molar-refractivity contribution in [2.45, 2.75) is 164 Å². The predicted octanol–water partition coefficient (Wildman–Crippen LogP) is -5.11. The second-order valence-corrected chi connectivity index (χ2v) is 13.9. The number of ketones is 1. The summed E-state index contributed by atoms with van der Waals surface area (Å²) in [5.74, 6) is -0.767. The lowest BCUT2D eigenvalue weighted by atomic mass is 9.97. The van der Waals surface area contributed by atoms with E-state index in [1.165, 1.54) is 20.8 Å². The summed E-state index contributed by atoms with van der Waals surface area (Å²) in [6, 6.07) is -0.511. The highest BCUT2D eigenvalue weighted by atomic mass is 16.7. The number of Topliss-reactive ketones (excluding diaryl/α,β-unsaturated/α-hetero) is 1. The van der Waals surface area contributed by atoms with Gasteiger partial charge in [-0.1, -0.05) is 6.42 Å². The molecule has 3 rings (SSSR count). The molecule has 0 aromatic rings. The van der Waals surface area contributed by atoms with Crippen LogP contribution in [0.4, 0.5) is 0 Å². The molecule has 0 radical (unpaired) electrons. The number of aliphatic hydroxyl groups is 8. The van der Waals surface area contributed by atoms with Gasteiger partial charge in [0.1, 0.15) is 66.8 Å². The third kappa shape index (κ3) is 13.3. The molecule has 21 heteroatoms.